The molecule has 3 N–H and O–H groups in total. The number of nitrogens with one attached hydrogen (secondary N) is 1. The third-order valence-electron chi connectivity index (χ3n) is 2.16. The molecule has 0 bridgehead atoms. The van der Waals surface area contributed by atoms with Crippen molar-refractivity contribution < 1.29 is 0 Å². The summed E-state index contributed by atoms with van der Waals surface area (Å²) >= 11 is 0. The number of hydrogen-bond acceptors (Lipinski definition) is 2. The molecule has 15 heavy (non-hydrogen) atoms. The van der Waals surface area contributed by atoms with Crippen LogP contribution >= 0.6 is 0 Å². The molecule has 0 radical (unpaired) electrons. The first-order chi connectivity index (χ1) is 7.42. The van der Waals surface area contributed by atoms with Crippen LogP contribution in [0.1, 0.15) is 5.56 Å². The summed E-state index contributed by atoms with van der Waals surface area (Å²) in [5, 5.41) is 7.02. The van der Waals surface area contributed by atoms with E-state index in [1.54, 1.807) is 6.20 Å². The van der Waals surface area contributed by atoms with Gasteiger partial charge < -0.3 is 5.73 Å². The zero-order valence-electron chi connectivity index (χ0n) is 8.35. The van der Waals surface area contributed by atoms with E-state index in [0.29, 0.717) is 6.54 Å². The third kappa shape index (κ3) is 2.14. The Bertz CT molecular complexity index is 443. The van der Waals surface area contributed by atoms with E-state index in [9.17, 15) is 0 Å². The first-order valence-corrected chi connectivity index (χ1v) is 4.87. The molecule has 0 fully saturated rings. The van der Waals surface area contributed by atoms with Gasteiger partial charge in [-0.15, -0.1) is 0 Å². The van der Waals surface area contributed by atoms with Crippen LogP contribution in [0.3, 0.4) is 0 Å². The lowest BCUT2D eigenvalue weighted by Crippen LogP contribution is -1.92. The molecule has 2 rings (SSSR count). The van der Waals surface area contributed by atoms with Gasteiger partial charge in [0.05, 0.1) is 11.9 Å². The Hall–Kier alpha value is -1.87. The summed E-state index contributed by atoms with van der Waals surface area (Å²) < 4.78 is 0. The Morgan fingerprint density at radius 2 is 2.07 bits per heavy atom. The SMILES string of the molecule is NCC=Cc1cn[nH]c1-c1ccccc1. The van der Waals surface area contributed by atoms with E-state index in [0.717, 1.165) is 16.8 Å². The van der Waals surface area contributed by atoms with E-state index < -0.39 is 0 Å². The Kier molecular flexibility index (Phi) is 2.95. The maximum absolute atomic E-state index is 5.42. The Balaban J connectivity index is 2.37. The average molecular weight is 199 g/mol. The molecule has 3 heteroatoms. The van der Waals surface area contributed by atoms with Crippen molar-refractivity contribution in [3.63, 3.8) is 0 Å². The number of hydrogen-bond donors (Lipinski definition) is 2. The molecule has 0 amide bonds. The first kappa shape index (κ1) is 9.68. The number of rotatable bonds is 3. The number of aromatic nitrogens is 2. The summed E-state index contributed by atoms with van der Waals surface area (Å²) in [5.74, 6) is 0. The van der Waals surface area contributed by atoms with Crippen molar-refractivity contribution in [1.82, 2.24) is 10.2 Å². The monoisotopic (exact) mass is 199 g/mol. The fourth-order valence-electron chi connectivity index (χ4n) is 1.45. The molecule has 0 spiro atoms. The van der Waals surface area contributed by atoms with Crippen LogP contribution < -0.4 is 5.73 Å². The zero-order chi connectivity index (χ0) is 10.5. The molecule has 1 aromatic heterocycles. The number of aromatic amines is 1. The second-order valence-corrected chi connectivity index (χ2v) is 3.20. The Morgan fingerprint density at radius 1 is 1.27 bits per heavy atom. The number of benzene rings is 1. The lowest BCUT2D eigenvalue weighted by atomic mass is 10.1. The summed E-state index contributed by atoms with van der Waals surface area (Å²) in [4.78, 5) is 0. The summed E-state index contributed by atoms with van der Waals surface area (Å²) in [5.41, 5.74) is 8.64. The van der Waals surface area contributed by atoms with Gasteiger partial charge in [0.1, 0.15) is 0 Å². The van der Waals surface area contributed by atoms with Crippen molar-refractivity contribution in [2.75, 3.05) is 6.54 Å². The van der Waals surface area contributed by atoms with Gasteiger partial charge in [-0.05, 0) is 0 Å². The van der Waals surface area contributed by atoms with Gasteiger partial charge in [0.2, 0.25) is 0 Å². The molecule has 76 valence electrons. The van der Waals surface area contributed by atoms with Gasteiger partial charge in [-0.1, -0.05) is 42.5 Å². The first-order valence-electron chi connectivity index (χ1n) is 4.87. The molecule has 0 aliphatic heterocycles. The van der Waals surface area contributed by atoms with E-state index in [2.05, 4.69) is 10.2 Å². The predicted molar refractivity (Wildman–Crippen MR) is 62.1 cm³/mol. The van der Waals surface area contributed by atoms with Crippen LogP contribution in [0.15, 0.2) is 42.6 Å². The minimum atomic E-state index is 0.541. The highest BCUT2D eigenvalue weighted by Crippen LogP contribution is 2.21. The van der Waals surface area contributed by atoms with Gasteiger partial charge in [-0.2, -0.15) is 5.10 Å². The van der Waals surface area contributed by atoms with Crippen LogP contribution in [-0.2, 0) is 0 Å². The topological polar surface area (TPSA) is 54.7 Å². The van der Waals surface area contributed by atoms with Gasteiger partial charge in [0.15, 0.2) is 0 Å². The number of nitrogens with two attached hydrogens (primary N) is 1. The second-order valence-electron chi connectivity index (χ2n) is 3.20. The van der Waals surface area contributed by atoms with E-state index in [-0.39, 0.29) is 0 Å². The van der Waals surface area contributed by atoms with Gasteiger partial charge in [-0.3, -0.25) is 5.10 Å². The molecule has 0 saturated carbocycles. The van der Waals surface area contributed by atoms with E-state index in [1.807, 2.05) is 42.5 Å². The van der Waals surface area contributed by atoms with Crippen LogP contribution in [0.4, 0.5) is 0 Å². The molecule has 1 heterocycles. The Morgan fingerprint density at radius 3 is 2.80 bits per heavy atom. The van der Waals surface area contributed by atoms with Crippen molar-refractivity contribution in [3.05, 3.63) is 48.2 Å². The van der Waals surface area contributed by atoms with Crippen LogP contribution in [0, 0.1) is 0 Å². The van der Waals surface area contributed by atoms with Crippen molar-refractivity contribution in [1.29, 1.82) is 0 Å². The van der Waals surface area contributed by atoms with Crippen molar-refractivity contribution >= 4 is 6.08 Å². The highest BCUT2D eigenvalue weighted by Gasteiger charge is 2.03. The Labute approximate surface area is 88.6 Å². The maximum Gasteiger partial charge on any atom is 0.0722 e. The van der Waals surface area contributed by atoms with E-state index in [1.165, 1.54) is 0 Å². The third-order valence-corrected chi connectivity index (χ3v) is 2.16. The molecule has 0 aliphatic carbocycles. The summed E-state index contributed by atoms with van der Waals surface area (Å²) in [6, 6.07) is 10.1. The van der Waals surface area contributed by atoms with E-state index in [4.69, 9.17) is 5.73 Å². The van der Waals surface area contributed by atoms with Crippen molar-refractivity contribution in [2.24, 2.45) is 5.73 Å². The number of H-pyrrole nitrogens is 1. The van der Waals surface area contributed by atoms with Gasteiger partial charge in [0, 0.05) is 17.7 Å². The average Bonchev–Trinajstić information content (AvgIpc) is 2.75. The lowest BCUT2D eigenvalue weighted by molar-refractivity contribution is 1.10. The number of nitrogens with zero attached hydrogens (tertiary/aromatic N) is 1. The van der Waals surface area contributed by atoms with E-state index >= 15 is 0 Å². The predicted octanol–water partition coefficient (Wildman–Crippen LogP) is 2.05. The molecular weight excluding hydrogens is 186 g/mol. The molecule has 1 aromatic carbocycles. The molecule has 0 unspecified atom stereocenters. The zero-order valence-corrected chi connectivity index (χ0v) is 8.35. The highest BCUT2D eigenvalue weighted by molar-refractivity contribution is 5.71. The summed E-state index contributed by atoms with van der Waals surface area (Å²) in [7, 11) is 0. The van der Waals surface area contributed by atoms with Gasteiger partial charge in [-0.25, -0.2) is 0 Å². The molecule has 0 saturated heterocycles. The largest absolute Gasteiger partial charge is 0.327 e. The van der Waals surface area contributed by atoms with Crippen LogP contribution in [0.2, 0.25) is 0 Å². The highest BCUT2D eigenvalue weighted by atomic mass is 15.1. The van der Waals surface area contributed by atoms with Crippen LogP contribution in [0.5, 0.6) is 0 Å². The second kappa shape index (κ2) is 4.57. The van der Waals surface area contributed by atoms with Gasteiger partial charge in [0.25, 0.3) is 0 Å². The maximum atomic E-state index is 5.42. The fourth-order valence-corrected chi connectivity index (χ4v) is 1.45. The standard InChI is InChI=1S/C12H13N3/c13-8-4-7-11-9-14-15-12(11)10-5-2-1-3-6-10/h1-7,9H,8,13H2,(H,14,15). The van der Waals surface area contributed by atoms with Crippen molar-refractivity contribution in [2.45, 2.75) is 0 Å². The smallest absolute Gasteiger partial charge is 0.0722 e. The van der Waals surface area contributed by atoms with Crippen molar-refractivity contribution in [3.8, 4) is 11.3 Å². The summed E-state index contributed by atoms with van der Waals surface area (Å²) in [6.07, 6.45) is 5.69. The quantitative estimate of drug-likeness (QED) is 0.794. The lowest BCUT2D eigenvalue weighted by Gasteiger charge is -1.98. The minimum absolute atomic E-state index is 0.541. The molecular formula is C12H13N3. The normalized spacial score (nSPS) is 11.0. The fraction of sp³-hybridized carbons (Fsp3) is 0.0833. The minimum Gasteiger partial charge on any atom is -0.327 e. The molecule has 0 atom stereocenters. The van der Waals surface area contributed by atoms with Crippen LogP contribution in [-0.4, -0.2) is 16.7 Å². The van der Waals surface area contributed by atoms with Gasteiger partial charge >= 0.3 is 0 Å². The molecule has 0 aliphatic rings. The molecule has 3 nitrogen and oxygen atoms in total. The summed E-state index contributed by atoms with van der Waals surface area (Å²) in [6.45, 7) is 0.541. The van der Waals surface area contributed by atoms with Crippen LogP contribution in [0.25, 0.3) is 17.3 Å². The molecule has 2 aromatic rings.